The Balaban J connectivity index is 1.47. The summed E-state index contributed by atoms with van der Waals surface area (Å²) in [7, 11) is 0. The fourth-order valence-corrected chi connectivity index (χ4v) is 5.32. The van der Waals surface area contributed by atoms with Gasteiger partial charge in [-0.05, 0) is 65.2 Å². The maximum absolute atomic E-state index is 13.7. The van der Waals surface area contributed by atoms with Gasteiger partial charge in [0.15, 0.2) is 0 Å². The van der Waals surface area contributed by atoms with Crippen molar-refractivity contribution in [1.29, 1.82) is 0 Å². The van der Waals surface area contributed by atoms with Gasteiger partial charge in [0.25, 0.3) is 5.91 Å². The quantitative estimate of drug-likeness (QED) is 0.600. The van der Waals surface area contributed by atoms with E-state index in [2.05, 4.69) is 10.2 Å². The number of hydrogen-bond donors (Lipinski definition) is 1. The summed E-state index contributed by atoms with van der Waals surface area (Å²) in [5, 5.41) is 3.34. The van der Waals surface area contributed by atoms with Crippen molar-refractivity contribution in [3.8, 4) is 0 Å². The lowest BCUT2D eigenvalue weighted by Gasteiger charge is -2.42. The van der Waals surface area contributed by atoms with Crippen LogP contribution in [0, 0.1) is 0 Å². The van der Waals surface area contributed by atoms with Crippen molar-refractivity contribution in [1.82, 2.24) is 20.0 Å². The van der Waals surface area contributed by atoms with Crippen LogP contribution in [0.5, 0.6) is 0 Å². The van der Waals surface area contributed by atoms with Crippen LogP contribution < -0.4 is 5.32 Å². The Kier molecular flexibility index (Phi) is 8.64. The molecule has 1 aromatic rings. The van der Waals surface area contributed by atoms with Gasteiger partial charge in [0.2, 0.25) is 5.91 Å². The van der Waals surface area contributed by atoms with Crippen LogP contribution in [0.4, 0.5) is 4.79 Å². The Hall–Kier alpha value is -2.49. The SMILES string of the molecule is CC(C)(C)OC(=O)N1CCN(C(=O)[C@H]2NCCC2N2CCCCC2)C(=O)[C@H]1COCc1ccccc1. The first-order valence-electron chi connectivity index (χ1n) is 13.2. The molecule has 3 amide bonds. The topological polar surface area (TPSA) is 91.4 Å². The van der Waals surface area contributed by atoms with Gasteiger partial charge in [-0.3, -0.25) is 24.3 Å². The van der Waals surface area contributed by atoms with Gasteiger partial charge >= 0.3 is 6.09 Å². The Bertz CT molecular complexity index is 912. The molecule has 9 heteroatoms. The van der Waals surface area contributed by atoms with E-state index in [0.29, 0.717) is 6.61 Å². The number of carbonyl (C=O) groups is 3. The largest absolute Gasteiger partial charge is 0.444 e. The van der Waals surface area contributed by atoms with Crippen LogP contribution in [0.25, 0.3) is 0 Å². The Morgan fingerprint density at radius 2 is 1.75 bits per heavy atom. The second-order valence-electron chi connectivity index (χ2n) is 10.9. The van der Waals surface area contributed by atoms with E-state index in [-0.39, 0.29) is 31.6 Å². The third-order valence-corrected chi connectivity index (χ3v) is 7.09. The molecule has 0 spiro atoms. The molecule has 36 heavy (non-hydrogen) atoms. The molecule has 9 nitrogen and oxygen atoms in total. The van der Waals surface area contributed by atoms with E-state index in [9.17, 15) is 14.4 Å². The van der Waals surface area contributed by atoms with Crippen molar-refractivity contribution in [2.45, 2.75) is 76.8 Å². The Labute approximate surface area is 214 Å². The molecule has 3 fully saturated rings. The molecule has 3 aliphatic heterocycles. The maximum Gasteiger partial charge on any atom is 0.411 e. The molecule has 0 saturated carbocycles. The Morgan fingerprint density at radius 3 is 2.44 bits per heavy atom. The molecule has 3 aliphatic rings. The molecular formula is C27H40N4O5. The second-order valence-corrected chi connectivity index (χ2v) is 10.9. The van der Waals surface area contributed by atoms with Crippen molar-refractivity contribution >= 4 is 17.9 Å². The molecule has 1 unspecified atom stereocenters. The van der Waals surface area contributed by atoms with Crippen LogP contribution in [0.1, 0.15) is 52.0 Å². The summed E-state index contributed by atoms with van der Waals surface area (Å²) in [5.41, 5.74) is 0.273. The van der Waals surface area contributed by atoms with Crippen LogP contribution in [-0.2, 0) is 25.7 Å². The highest BCUT2D eigenvalue weighted by Gasteiger charge is 2.46. The van der Waals surface area contributed by atoms with Crippen LogP contribution in [0.15, 0.2) is 30.3 Å². The van der Waals surface area contributed by atoms with Crippen LogP contribution in [0.2, 0.25) is 0 Å². The minimum Gasteiger partial charge on any atom is -0.444 e. The average molecular weight is 501 g/mol. The minimum absolute atomic E-state index is 0.00952. The second kappa shape index (κ2) is 11.7. The molecule has 4 rings (SSSR count). The highest BCUT2D eigenvalue weighted by atomic mass is 16.6. The van der Waals surface area contributed by atoms with Crippen LogP contribution in [-0.4, -0.2) is 95.7 Å². The smallest absolute Gasteiger partial charge is 0.411 e. The fraction of sp³-hybridized carbons (Fsp3) is 0.667. The summed E-state index contributed by atoms with van der Waals surface area (Å²) in [6.07, 6.45) is 3.84. The normalized spacial score (nSPS) is 25.8. The summed E-state index contributed by atoms with van der Waals surface area (Å²) >= 11 is 0. The molecule has 3 heterocycles. The summed E-state index contributed by atoms with van der Waals surface area (Å²) < 4.78 is 11.4. The minimum atomic E-state index is -0.920. The van der Waals surface area contributed by atoms with E-state index in [1.54, 1.807) is 20.8 Å². The summed E-state index contributed by atoms with van der Waals surface area (Å²) in [6, 6.07) is 8.42. The van der Waals surface area contributed by atoms with Gasteiger partial charge in [-0.25, -0.2) is 4.79 Å². The molecule has 3 atom stereocenters. The van der Waals surface area contributed by atoms with Crippen molar-refractivity contribution < 1.29 is 23.9 Å². The molecule has 198 valence electrons. The number of hydrogen-bond acceptors (Lipinski definition) is 7. The lowest BCUT2D eigenvalue weighted by atomic mass is 10.0. The Morgan fingerprint density at radius 1 is 1.03 bits per heavy atom. The standard InChI is InChI=1S/C27H40N4O5/c1-27(2,3)36-26(34)30-16-17-31(24(32)22(30)19-35-18-20-10-6-4-7-11-20)25(33)23-21(12-13-28-23)29-14-8-5-9-15-29/h4,6-7,10-11,21-23,28H,5,8-9,12-19H2,1-3H3/t21?,22-,23+/m1/s1. The number of likely N-dealkylation sites (tertiary alicyclic amines) is 1. The van der Waals surface area contributed by atoms with Crippen molar-refractivity contribution in [2.75, 3.05) is 39.3 Å². The lowest BCUT2D eigenvalue weighted by Crippen LogP contribution is -2.65. The van der Waals surface area contributed by atoms with E-state index in [0.717, 1.165) is 44.5 Å². The van der Waals surface area contributed by atoms with Gasteiger partial charge in [0.05, 0.1) is 13.2 Å². The zero-order valence-corrected chi connectivity index (χ0v) is 21.8. The monoisotopic (exact) mass is 500 g/mol. The molecule has 1 N–H and O–H groups in total. The molecule has 3 saturated heterocycles. The molecule has 1 aromatic carbocycles. The fourth-order valence-electron chi connectivity index (χ4n) is 5.32. The number of piperidine rings is 1. The number of carbonyl (C=O) groups excluding carboxylic acids is 3. The number of piperazine rings is 1. The number of ether oxygens (including phenoxy) is 2. The van der Waals surface area contributed by atoms with Crippen molar-refractivity contribution in [3.63, 3.8) is 0 Å². The highest BCUT2D eigenvalue weighted by molar-refractivity contribution is 6.02. The van der Waals surface area contributed by atoms with Crippen molar-refractivity contribution in [3.05, 3.63) is 35.9 Å². The molecule has 0 radical (unpaired) electrons. The number of nitrogens with one attached hydrogen (secondary N) is 1. The first-order chi connectivity index (χ1) is 17.2. The maximum atomic E-state index is 13.7. The zero-order valence-electron chi connectivity index (χ0n) is 21.8. The molecular weight excluding hydrogens is 460 g/mol. The van der Waals surface area contributed by atoms with E-state index in [1.807, 2.05) is 30.3 Å². The third kappa shape index (κ3) is 6.44. The molecule has 0 aromatic heterocycles. The number of nitrogens with zero attached hydrogens (tertiary/aromatic N) is 3. The number of amides is 3. The van der Waals surface area contributed by atoms with Gasteiger partial charge in [0.1, 0.15) is 17.7 Å². The van der Waals surface area contributed by atoms with E-state index >= 15 is 0 Å². The number of rotatable bonds is 6. The van der Waals surface area contributed by atoms with Crippen molar-refractivity contribution in [2.24, 2.45) is 0 Å². The van der Waals surface area contributed by atoms with Crippen LogP contribution in [0.3, 0.4) is 0 Å². The van der Waals surface area contributed by atoms with Gasteiger partial charge in [-0.2, -0.15) is 0 Å². The van der Waals surface area contributed by atoms with E-state index in [4.69, 9.17) is 9.47 Å². The molecule has 0 bridgehead atoms. The first kappa shape index (κ1) is 26.6. The molecule has 0 aliphatic carbocycles. The average Bonchev–Trinajstić information content (AvgIpc) is 3.35. The number of imide groups is 1. The summed E-state index contributed by atoms with van der Waals surface area (Å²) in [4.78, 5) is 45.4. The van der Waals surface area contributed by atoms with Gasteiger partial charge < -0.3 is 14.8 Å². The predicted octanol–water partition coefficient (Wildman–Crippen LogP) is 2.39. The predicted molar refractivity (Wildman–Crippen MR) is 135 cm³/mol. The van der Waals surface area contributed by atoms with Gasteiger partial charge in [-0.15, -0.1) is 0 Å². The number of benzene rings is 1. The zero-order chi connectivity index (χ0) is 25.7. The van der Waals surface area contributed by atoms with Crippen LogP contribution >= 0.6 is 0 Å². The third-order valence-electron chi connectivity index (χ3n) is 7.09. The van der Waals surface area contributed by atoms with Gasteiger partial charge in [-0.1, -0.05) is 36.8 Å². The van der Waals surface area contributed by atoms with E-state index in [1.165, 1.54) is 16.2 Å². The highest BCUT2D eigenvalue weighted by Crippen LogP contribution is 2.24. The summed E-state index contributed by atoms with van der Waals surface area (Å²) in [5.74, 6) is -0.610. The van der Waals surface area contributed by atoms with E-state index < -0.39 is 29.7 Å². The lowest BCUT2D eigenvalue weighted by molar-refractivity contribution is -0.156. The first-order valence-corrected chi connectivity index (χ1v) is 13.2. The summed E-state index contributed by atoms with van der Waals surface area (Å²) in [6.45, 7) is 8.78. The van der Waals surface area contributed by atoms with Gasteiger partial charge in [0, 0.05) is 19.1 Å².